The van der Waals surface area contributed by atoms with E-state index in [-0.39, 0.29) is 17.9 Å². The van der Waals surface area contributed by atoms with Crippen molar-refractivity contribution in [2.45, 2.75) is 64.4 Å². The minimum absolute atomic E-state index is 0.148. The number of fused-ring (bicyclic) bond motifs is 2. The molecule has 0 spiro atoms. The van der Waals surface area contributed by atoms with Gasteiger partial charge in [0, 0.05) is 27.9 Å². The van der Waals surface area contributed by atoms with Gasteiger partial charge >= 0.3 is 0 Å². The molecule has 1 amide bonds. The number of carbonyl (C=O) groups excluding carboxylic acids is 1. The molecule has 1 aromatic carbocycles. The van der Waals surface area contributed by atoms with Crippen molar-refractivity contribution in [3.63, 3.8) is 0 Å². The van der Waals surface area contributed by atoms with Crippen LogP contribution < -0.4 is 4.90 Å². The van der Waals surface area contributed by atoms with Gasteiger partial charge in [0.25, 0.3) is 0 Å². The molecule has 1 aliphatic rings. The van der Waals surface area contributed by atoms with Gasteiger partial charge in [-0.1, -0.05) is 50.7 Å². The molecule has 0 aliphatic carbocycles. The fourth-order valence-corrected chi connectivity index (χ4v) is 6.19. The molecule has 0 fully saturated rings. The van der Waals surface area contributed by atoms with Crippen molar-refractivity contribution < 1.29 is 4.79 Å². The van der Waals surface area contributed by atoms with Gasteiger partial charge in [-0.3, -0.25) is 4.79 Å². The predicted molar refractivity (Wildman–Crippen MR) is 123 cm³/mol. The molecular weight excluding hydrogens is 398 g/mol. The number of nitrogens with zero attached hydrogens (tertiary/aromatic N) is 3. The van der Waals surface area contributed by atoms with Crippen LogP contribution in [0.3, 0.4) is 0 Å². The third kappa shape index (κ3) is 3.68. The maximum absolute atomic E-state index is 13.2. The summed E-state index contributed by atoms with van der Waals surface area (Å²) in [6, 6.07) is 8.43. The standard InChI is InChI=1S/C23H27N3OS2/c1-6-17-15(5)29-23-20(17)22(24-21(25-23)13(2)3)28-12-19(27)26-14(4)11-16-9-7-8-10-18(16)26/h7-10,13-14H,6,11-12H2,1-5H3/t14-/m0/s1. The summed E-state index contributed by atoms with van der Waals surface area (Å²) < 4.78 is 0. The Morgan fingerprint density at radius 3 is 2.79 bits per heavy atom. The molecule has 0 N–H and O–H groups in total. The van der Waals surface area contributed by atoms with Gasteiger partial charge in [-0.25, -0.2) is 9.97 Å². The number of rotatable bonds is 5. The van der Waals surface area contributed by atoms with E-state index < -0.39 is 0 Å². The second kappa shape index (κ2) is 8.07. The summed E-state index contributed by atoms with van der Waals surface area (Å²) in [5, 5.41) is 2.10. The first-order valence-corrected chi connectivity index (χ1v) is 12.0. The lowest BCUT2D eigenvalue weighted by Gasteiger charge is -2.22. The molecule has 0 saturated carbocycles. The van der Waals surface area contributed by atoms with Crippen molar-refractivity contribution >= 4 is 44.9 Å². The molecule has 3 heterocycles. The van der Waals surface area contributed by atoms with Crippen molar-refractivity contribution in [2.24, 2.45) is 0 Å². The van der Waals surface area contributed by atoms with Gasteiger partial charge in [-0.05, 0) is 43.9 Å². The topological polar surface area (TPSA) is 46.1 Å². The first-order valence-electron chi connectivity index (χ1n) is 10.2. The second-order valence-electron chi connectivity index (χ2n) is 7.95. The molecule has 29 heavy (non-hydrogen) atoms. The van der Waals surface area contributed by atoms with Gasteiger partial charge in [0.2, 0.25) is 5.91 Å². The van der Waals surface area contributed by atoms with Gasteiger partial charge in [0.15, 0.2) is 0 Å². The molecule has 2 aromatic heterocycles. The van der Waals surface area contributed by atoms with Crippen LogP contribution in [0, 0.1) is 6.92 Å². The van der Waals surface area contributed by atoms with Crippen molar-refractivity contribution in [1.82, 2.24) is 9.97 Å². The smallest absolute Gasteiger partial charge is 0.237 e. The predicted octanol–water partition coefficient (Wildman–Crippen LogP) is 5.76. The van der Waals surface area contributed by atoms with Gasteiger partial charge in [-0.15, -0.1) is 11.3 Å². The molecule has 4 nitrogen and oxygen atoms in total. The van der Waals surface area contributed by atoms with Crippen LogP contribution in [0.5, 0.6) is 0 Å². The average molecular weight is 426 g/mol. The third-order valence-corrected chi connectivity index (χ3v) is 7.52. The Kier molecular flexibility index (Phi) is 5.67. The molecule has 0 radical (unpaired) electrons. The van der Waals surface area contributed by atoms with E-state index in [1.54, 1.807) is 23.1 Å². The van der Waals surface area contributed by atoms with Crippen LogP contribution >= 0.6 is 23.1 Å². The summed E-state index contributed by atoms with van der Waals surface area (Å²) in [5.41, 5.74) is 3.63. The third-order valence-electron chi connectivity index (χ3n) is 5.51. The Labute approximate surface area is 180 Å². The number of para-hydroxylation sites is 1. The normalized spacial score (nSPS) is 16.1. The number of thioether (sulfide) groups is 1. The molecule has 3 aromatic rings. The van der Waals surface area contributed by atoms with Crippen molar-refractivity contribution in [3.05, 3.63) is 46.1 Å². The van der Waals surface area contributed by atoms with E-state index in [1.165, 1.54) is 16.0 Å². The van der Waals surface area contributed by atoms with Crippen molar-refractivity contribution in [1.29, 1.82) is 0 Å². The number of thiophene rings is 1. The zero-order chi connectivity index (χ0) is 20.7. The van der Waals surface area contributed by atoms with Gasteiger partial charge in [-0.2, -0.15) is 0 Å². The minimum atomic E-state index is 0.148. The summed E-state index contributed by atoms with van der Waals surface area (Å²) >= 11 is 3.30. The second-order valence-corrected chi connectivity index (χ2v) is 10.1. The molecule has 0 unspecified atom stereocenters. The summed E-state index contributed by atoms with van der Waals surface area (Å²) in [6.45, 7) is 10.7. The fraction of sp³-hybridized carbons (Fsp3) is 0.435. The minimum Gasteiger partial charge on any atom is -0.308 e. The first-order chi connectivity index (χ1) is 13.9. The SMILES string of the molecule is CCc1c(C)sc2nc(C(C)C)nc(SCC(=O)N3c4ccccc4C[C@@H]3C)c12. The number of hydrogen-bond acceptors (Lipinski definition) is 5. The summed E-state index contributed by atoms with van der Waals surface area (Å²) in [5.74, 6) is 1.65. The van der Waals surface area contributed by atoms with Gasteiger partial charge in [0.05, 0.1) is 5.75 Å². The maximum Gasteiger partial charge on any atom is 0.237 e. The van der Waals surface area contributed by atoms with E-state index in [0.29, 0.717) is 5.75 Å². The number of aromatic nitrogens is 2. The number of aryl methyl sites for hydroxylation is 2. The molecule has 152 valence electrons. The fourth-order valence-electron chi connectivity index (χ4n) is 4.08. The Balaban J connectivity index is 1.65. The molecule has 6 heteroatoms. The zero-order valence-corrected chi connectivity index (χ0v) is 19.3. The lowest BCUT2D eigenvalue weighted by molar-refractivity contribution is -0.116. The monoisotopic (exact) mass is 425 g/mol. The Bertz CT molecular complexity index is 1070. The maximum atomic E-state index is 13.2. The number of hydrogen-bond donors (Lipinski definition) is 0. The Hall–Kier alpha value is -1.92. The Morgan fingerprint density at radius 2 is 2.07 bits per heavy atom. The summed E-state index contributed by atoms with van der Waals surface area (Å²) in [6.07, 6.45) is 1.87. The quantitative estimate of drug-likeness (QED) is 0.385. The van der Waals surface area contributed by atoms with Crippen LogP contribution in [0.25, 0.3) is 10.2 Å². The number of carbonyl (C=O) groups is 1. The molecule has 0 bridgehead atoms. The van der Waals surface area contributed by atoms with Crippen LogP contribution in [0.1, 0.15) is 55.4 Å². The van der Waals surface area contributed by atoms with Crippen LogP contribution in [0.2, 0.25) is 0 Å². The van der Waals surface area contributed by atoms with Crippen LogP contribution in [-0.4, -0.2) is 27.7 Å². The van der Waals surface area contributed by atoms with E-state index in [9.17, 15) is 4.79 Å². The highest BCUT2D eigenvalue weighted by Gasteiger charge is 2.30. The summed E-state index contributed by atoms with van der Waals surface area (Å²) in [7, 11) is 0. The van der Waals surface area contributed by atoms with Crippen molar-refractivity contribution in [3.8, 4) is 0 Å². The molecule has 1 atom stereocenters. The summed E-state index contributed by atoms with van der Waals surface area (Å²) in [4.78, 5) is 27.2. The van der Waals surface area contributed by atoms with E-state index in [0.717, 1.165) is 39.6 Å². The average Bonchev–Trinajstić information content (AvgIpc) is 3.20. The van der Waals surface area contributed by atoms with Crippen LogP contribution in [0.4, 0.5) is 5.69 Å². The van der Waals surface area contributed by atoms with Gasteiger partial charge < -0.3 is 4.90 Å². The highest BCUT2D eigenvalue weighted by molar-refractivity contribution is 8.00. The van der Waals surface area contributed by atoms with E-state index in [2.05, 4.69) is 46.8 Å². The lowest BCUT2D eigenvalue weighted by Crippen LogP contribution is -2.37. The van der Waals surface area contributed by atoms with E-state index in [4.69, 9.17) is 9.97 Å². The van der Waals surface area contributed by atoms with E-state index in [1.807, 2.05) is 17.0 Å². The highest BCUT2D eigenvalue weighted by Crippen LogP contribution is 2.38. The lowest BCUT2D eigenvalue weighted by atomic mass is 10.1. The largest absolute Gasteiger partial charge is 0.308 e. The number of anilines is 1. The van der Waals surface area contributed by atoms with Crippen LogP contribution in [-0.2, 0) is 17.6 Å². The zero-order valence-electron chi connectivity index (χ0n) is 17.7. The van der Waals surface area contributed by atoms with E-state index >= 15 is 0 Å². The van der Waals surface area contributed by atoms with Crippen molar-refractivity contribution in [2.75, 3.05) is 10.7 Å². The molecule has 1 aliphatic heterocycles. The molecule has 4 rings (SSSR count). The molecule has 0 saturated heterocycles. The van der Waals surface area contributed by atoms with Gasteiger partial charge in [0.1, 0.15) is 15.7 Å². The first kappa shape index (κ1) is 20.4. The van der Waals surface area contributed by atoms with Crippen LogP contribution in [0.15, 0.2) is 29.3 Å². The highest BCUT2D eigenvalue weighted by atomic mass is 32.2. The Morgan fingerprint density at radius 1 is 1.31 bits per heavy atom. The number of amides is 1. The molecular formula is C23H27N3OS2. The number of benzene rings is 1.